The summed E-state index contributed by atoms with van der Waals surface area (Å²) in [4.78, 5) is 12.4. The van der Waals surface area contributed by atoms with Crippen LogP contribution in [0.1, 0.15) is 11.5 Å². The van der Waals surface area contributed by atoms with Gasteiger partial charge in [-0.3, -0.25) is 4.79 Å². The second-order valence-corrected chi connectivity index (χ2v) is 5.69. The molecule has 21 heavy (non-hydrogen) atoms. The van der Waals surface area contributed by atoms with Gasteiger partial charge in [0.15, 0.2) is 0 Å². The van der Waals surface area contributed by atoms with Crippen molar-refractivity contribution in [3.8, 4) is 0 Å². The molecule has 0 aliphatic rings. The summed E-state index contributed by atoms with van der Waals surface area (Å²) in [6, 6.07) is 11.6. The van der Waals surface area contributed by atoms with E-state index < -0.39 is 11.7 Å². The second kappa shape index (κ2) is 7.02. The van der Waals surface area contributed by atoms with E-state index in [0.717, 1.165) is 11.6 Å². The van der Waals surface area contributed by atoms with E-state index in [0.29, 0.717) is 10.2 Å². The highest BCUT2D eigenvalue weighted by Gasteiger charge is 2.21. The molecule has 0 aromatic heterocycles. The standard InChI is InChI=1S/C15H13BrClFN2O/c16-12-6-10(18)7-13(17)14(12)20-15(21)11(8-19)9-4-2-1-3-5-9/h1-7,11H,8,19H2,(H,20,21). The first-order valence-corrected chi connectivity index (χ1v) is 7.40. The number of nitrogens with two attached hydrogens (primary N) is 1. The van der Waals surface area contributed by atoms with Gasteiger partial charge in [0.1, 0.15) is 5.82 Å². The van der Waals surface area contributed by atoms with Crippen LogP contribution in [-0.2, 0) is 4.79 Å². The Kier molecular flexibility index (Phi) is 5.33. The normalized spacial score (nSPS) is 12.0. The molecule has 0 bridgehead atoms. The molecule has 0 aliphatic carbocycles. The zero-order chi connectivity index (χ0) is 15.4. The lowest BCUT2D eigenvalue weighted by Gasteiger charge is -2.17. The van der Waals surface area contributed by atoms with Crippen molar-refractivity contribution in [2.75, 3.05) is 11.9 Å². The lowest BCUT2D eigenvalue weighted by molar-refractivity contribution is -0.117. The summed E-state index contributed by atoms with van der Waals surface area (Å²) in [6.45, 7) is 0.159. The SMILES string of the molecule is NCC(C(=O)Nc1c(Cl)cc(F)cc1Br)c1ccccc1. The molecule has 0 heterocycles. The third kappa shape index (κ3) is 3.81. The van der Waals surface area contributed by atoms with Gasteiger partial charge in [-0.2, -0.15) is 0 Å². The van der Waals surface area contributed by atoms with Crippen LogP contribution in [0, 0.1) is 5.82 Å². The monoisotopic (exact) mass is 370 g/mol. The maximum atomic E-state index is 13.2. The van der Waals surface area contributed by atoms with E-state index in [1.807, 2.05) is 30.3 Å². The topological polar surface area (TPSA) is 55.1 Å². The van der Waals surface area contributed by atoms with Crippen LogP contribution in [0.25, 0.3) is 0 Å². The van der Waals surface area contributed by atoms with Gasteiger partial charge in [-0.05, 0) is 33.6 Å². The maximum Gasteiger partial charge on any atom is 0.233 e. The third-order valence-corrected chi connectivity index (χ3v) is 3.93. The maximum absolute atomic E-state index is 13.2. The molecule has 0 saturated heterocycles. The highest BCUT2D eigenvalue weighted by atomic mass is 79.9. The van der Waals surface area contributed by atoms with Crippen LogP contribution >= 0.6 is 27.5 Å². The van der Waals surface area contributed by atoms with Crippen LogP contribution < -0.4 is 11.1 Å². The fourth-order valence-corrected chi connectivity index (χ4v) is 2.85. The van der Waals surface area contributed by atoms with Crippen molar-refractivity contribution >= 4 is 39.1 Å². The number of amides is 1. The van der Waals surface area contributed by atoms with Crippen LogP contribution in [0.4, 0.5) is 10.1 Å². The van der Waals surface area contributed by atoms with Crippen LogP contribution in [0.5, 0.6) is 0 Å². The Hall–Kier alpha value is -1.43. The Morgan fingerprint density at radius 2 is 2.00 bits per heavy atom. The van der Waals surface area contributed by atoms with Crippen LogP contribution in [0.15, 0.2) is 46.9 Å². The molecule has 0 radical (unpaired) electrons. The van der Waals surface area contributed by atoms with Gasteiger partial charge < -0.3 is 11.1 Å². The first-order valence-electron chi connectivity index (χ1n) is 6.23. The molecule has 1 atom stereocenters. The molecule has 3 N–H and O–H groups in total. The van der Waals surface area contributed by atoms with Crippen molar-refractivity contribution in [2.24, 2.45) is 5.73 Å². The molecule has 2 rings (SSSR count). The first kappa shape index (κ1) is 15.9. The van der Waals surface area contributed by atoms with Gasteiger partial charge in [0.25, 0.3) is 0 Å². The molecule has 0 saturated carbocycles. The fourth-order valence-electron chi connectivity index (χ4n) is 1.95. The van der Waals surface area contributed by atoms with E-state index in [2.05, 4.69) is 21.2 Å². The van der Waals surface area contributed by atoms with Gasteiger partial charge >= 0.3 is 0 Å². The quantitative estimate of drug-likeness (QED) is 0.856. The van der Waals surface area contributed by atoms with E-state index in [1.165, 1.54) is 6.07 Å². The summed E-state index contributed by atoms with van der Waals surface area (Å²) in [7, 11) is 0. The highest BCUT2D eigenvalue weighted by Crippen LogP contribution is 2.32. The summed E-state index contributed by atoms with van der Waals surface area (Å²) >= 11 is 9.14. The Balaban J connectivity index is 2.25. The lowest BCUT2D eigenvalue weighted by atomic mass is 9.98. The number of hydrogen-bond donors (Lipinski definition) is 2. The molecular formula is C15H13BrClFN2O. The molecule has 110 valence electrons. The van der Waals surface area contributed by atoms with Crippen LogP contribution in [0.3, 0.4) is 0 Å². The van der Waals surface area contributed by atoms with Crippen molar-refractivity contribution in [1.82, 2.24) is 0 Å². The molecule has 2 aromatic carbocycles. The summed E-state index contributed by atoms with van der Waals surface area (Å²) in [6.07, 6.45) is 0. The molecule has 0 spiro atoms. The number of nitrogens with one attached hydrogen (secondary N) is 1. The van der Waals surface area contributed by atoms with E-state index >= 15 is 0 Å². The zero-order valence-corrected chi connectivity index (χ0v) is 13.3. The van der Waals surface area contributed by atoms with Gasteiger partial charge in [-0.15, -0.1) is 0 Å². The molecule has 1 amide bonds. The van der Waals surface area contributed by atoms with Gasteiger partial charge in [0.2, 0.25) is 5.91 Å². The van der Waals surface area contributed by atoms with Gasteiger partial charge in [0.05, 0.1) is 16.6 Å². The Morgan fingerprint density at radius 3 is 2.57 bits per heavy atom. The minimum Gasteiger partial charge on any atom is -0.329 e. The summed E-state index contributed by atoms with van der Waals surface area (Å²) in [5.74, 6) is -1.28. The van der Waals surface area contributed by atoms with E-state index in [9.17, 15) is 9.18 Å². The van der Waals surface area contributed by atoms with E-state index in [4.69, 9.17) is 17.3 Å². The Morgan fingerprint density at radius 1 is 1.33 bits per heavy atom. The predicted molar refractivity (Wildman–Crippen MR) is 86.0 cm³/mol. The smallest absolute Gasteiger partial charge is 0.233 e. The minimum absolute atomic E-state index is 0.124. The number of halogens is 3. The van der Waals surface area contributed by atoms with Crippen LogP contribution in [-0.4, -0.2) is 12.5 Å². The fraction of sp³-hybridized carbons (Fsp3) is 0.133. The lowest BCUT2D eigenvalue weighted by Crippen LogP contribution is -2.27. The first-order chi connectivity index (χ1) is 10.0. The predicted octanol–water partition coefficient (Wildman–Crippen LogP) is 3.92. The van der Waals surface area contributed by atoms with E-state index in [1.54, 1.807) is 0 Å². The van der Waals surface area contributed by atoms with Crippen molar-refractivity contribution in [3.63, 3.8) is 0 Å². The van der Waals surface area contributed by atoms with Crippen molar-refractivity contribution in [3.05, 3.63) is 63.3 Å². The number of hydrogen-bond acceptors (Lipinski definition) is 2. The number of carbonyl (C=O) groups is 1. The summed E-state index contributed by atoms with van der Waals surface area (Å²) in [5.41, 5.74) is 6.84. The van der Waals surface area contributed by atoms with Gasteiger partial charge in [-0.25, -0.2) is 4.39 Å². The summed E-state index contributed by atoms with van der Waals surface area (Å²) < 4.78 is 13.6. The number of rotatable bonds is 4. The van der Waals surface area contributed by atoms with E-state index in [-0.39, 0.29) is 17.5 Å². The number of benzene rings is 2. The summed E-state index contributed by atoms with van der Waals surface area (Å²) in [5, 5.41) is 2.81. The zero-order valence-electron chi connectivity index (χ0n) is 10.9. The molecule has 2 aromatic rings. The van der Waals surface area contributed by atoms with Crippen LogP contribution in [0.2, 0.25) is 5.02 Å². The van der Waals surface area contributed by atoms with Crippen molar-refractivity contribution in [2.45, 2.75) is 5.92 Å². The molecule has 3 nitrogen and oxygen atoms in total. The number of anilines is 1. The second-order valence-electron chi connectivity index (χ2n) is 4.43. The third-order valence-electron chi connectivity index (χ3n) is 3.01. The number of carbonyl (C=O) groups excluding carboxylic acids is 1. The van der Waals surface area contributed by atoms with Gasteiger partial charge in [-0.1, -0.05) is 41.9 Å². The largest absolute Gasteiger partial charge is 0.329 e. The Labute approximate surface area is 135 Å². The molecule has 1 unspecified atom stereocenters. The molecular weight excluding hydrogens is 359 g/mol. The molecule has 0 fully saturated rings. The molecule has 6 heteroatoms. The van der Waals surface area contributed by atoms with Gasteiger partial charge in [0, 0.05) is 11.0 Å². The minimum atomic E-state index is -0.501. The Bertz CT molecular complexity index is 628. The van der Waals surface area contributed by atoms with Crippen molar-refractivity contribution in [1.29, 1.82) is 0 Å². The van der Waals surface area contributed by atoms with Crippen molar-refractivity contribution < 1.29 is 9.18 Å². The molecule has 0 aliphatic heterocycles. The average Bonchev–Trinajstić information content (AvgIpc) is 2.45. The highest BCUT2D eigenvalue weighted by molar-refractivity contribution is 9.10. The average molecular weight is 372 g/mol.